The number of carbonyl (C=O) groups excluding carboxylic acids is 1. The highest BCUT2D eigenvalue weighted by Crippen LogP contribution is 2.29. The molecule has 2 atom stereocenters. The van der Waals surface area contributed by atoms with E-state index in [1.54, 1.807) is 18.1 Å². The molecule has 24 heavy (non-hydrogen) atoms. The summed E-state index contributed by atoms with van der Waals surface area (Å²) in [5.74, 6) is 0.830. The van der Waals surface area contributed by atoms with E-state index in [1.165, 1.54) is 0 Å². The topological polar surface area (TPSA) is 71.0 Å². The minimum absolute atomic E-state index is 0.0282. The molecule has 134 valence electrons. The zero-order valence-corrected chi connectivity index (χ0v) is 15.1. The highest BCUT2D eigenvalue weighted by molar-refractivity contribution is 5.68. The van der Waals surface area contributed by atoms with E-state index in [9.17, 15) is 9.90 Å². The van der Waals surface area contributed by atoms with Crippen LogP contribution in [0, 0.1) is 0 Å². The Labute approximate surface area is 143 Å². The van der Waals surface area contributed by atoms with Crippen LogP contribution in [0.5, 0.6) is 11.5 Å². The molecule has 1 heterocycles. The standard InChI is InChI=1S/C18H28N2O4/c1-12(15-7-6-14(23-5)10-16(15)21)19-13-8-9-20(11-13)17(22)24-18(2,3)4/h6-7,10,12-13,19,21H,8-9,11H2,1-5H3. The van der Waals surface area contributed by atoms with Crippen LogP contribution in [0.1, 0.15) is 45.7 Å². The number of aromatic hydroxyl groups is 1. The Morgan fingerprint density at radius 2 is 2.12 bits per heavy atom. The second kappa shape index (κ2) is 7.30. The van der Waals surface area contributed by atoms with Gasteiger partial charge in [-0.3, -0.25) is 0 Å². The van der Waals surface area contributed by atoms with Crippen LogP contribution < -0.4 is 10.1 Å². The predicted molar refractivity (Wildman–Crippen MR) is 92.4 cm³/mol. The fourth-order valence-electron chi connectivity index (χ4n) is 2.85. The van der Waals surface area contributed by atoms with E-state index in [1.807, 2.05) is 39.8 Å². The van der Waals surface area contributed by atoms with Crippen molar-refractivity contribution in [3.05, 3.63) is 23.8 Å². The molecule has 1 aromatic carbocycles. The third-order valence-corrected chi connectivity index (χ3v) is 4.03. The van der Waals surface area contributed by atoms with Gasteiger partial charge in [0, 0.05) is 36.8 Å². The molecule has 0 radical (unpaired) electrons. The quantitative estimate of drug-likeness (QED) is 0.884. The molecule has 6 nitrogen and oxygen atoms in total. The average molecular weight is 336 g/mol. The molecule has 6 heteroatoms. The lowest BCUT2D eigenvalue weighted by Crippen LogP contribution is -2.39. The van der Waals surface area contributed by atoms with Crippen molar-refractivity contribution in [1.82, 2.24) is 10.2 Å². The SMILES string of the molecule is COc1ccc(C(C)NC2CCN(C(=O)OC(C)(C)C)C2)c(O)c1. The van der Waals surface area contributed by atoms with Gasteiger partial charge in [0.2, 0.25) is 0 Å². The number of phenolic OH excluding ortho intramolecular Hbond substituents is 1. The van der Waals surface area contributed by atoms with E-state index in [4.69, 9.17) is 9.47 Å². The van der Waals surface area contributed by atoms with Crippen molar-refractivity contribution in [1.29, 1.82) is 0 Å². The van der Waals surface area contributed by atoms with Crippen molar-refractivity contribution in [2.24, 2.45) is 0 Å². The molecule has 1 aliphatic rings. The maximum absolute atomic E-state index is 12.1. The molecule has 2 N–H and O–H groups in total. The summed E-state index contributed by atoms with van der Waals surface area (Å²) in [5.41, 5.74) is 0.330. The number of amides is 1. The van der Waals surface area contributed by atoms with Gasteiger partial charge in [0.25, 0.3) is 0 Å². The highest BCUT2D eigenvalue weighted by atomic mass is 16.6. The first-order valence-electron chi connectivity index (χ1n) is 8.30. The smallest absolute Gasteiger partial charge is 0.410 e. The van der Waals surface area contributed by atoms with E-state index in [0.29, 0.717) is 18.8 Å². The lowest BCUT2D eigenvalue weighted by atomic mass is 10.1. The highest BCUT2D eigenvalue weighted by Gasteiger charge is 2.30. The monoisotopic (exact) mass is 336 g/mol. The summed E-state index contributed by atoms with van der Waals surface area (Å²) in [6.07, 6.45) is 0.590. The van der Waals surface area contributed by atoms with Crippen LogP contribution in [-0.4, -0.2) is 47.9 Å². The van der Waals surface area contributed by atoms with Crippen molar-refractivity contribution in [3.63, 3.8) is 0 Å². The number of phenols is 1. The Kier molecular flexibility index (Phi) is 5.59. The second-order valence-electron chi connectivity index (χ2n) is 7.23. The van der Waals surface area contributed by atoms with Crippen LogP contribution in [0.15, 0.2) is 18.2 Å². The van der Waals surface area contributed by atoms with E-state index in [0.717, 1.165) is 12.0 Å². The summed E-state index contributed by atoms with van der Waals surface area (Å²) in [7, 11) is 1.57. The fraction of sp³-hybridized carbons (Fsp3) is 0.611. The van der Waals surface area contributed by atoms with Crippen LogP contribution >= 0.6 is 0 Å². The first kappa shape index (κ1) is 18.4. The maximum atomic E-state index is 12.1. The van der Waals surface area contributed by atoms with E-state index in [-0.39, 0.29) is 23.9 Å². The minimum atomic E-state index is -0.481. The van der Waals surface area contributed by atoms with Gasteiger partial charge in [-0.1, -0.05) is 6.07 Å². The van der Waals surface area contributed by atoms with Crippen LogP contribution in [0.3, 0.4) is 0 Å². The number of carbonyl (C=O) groups is 1. The number of benzene rings is 1. The number of hydrogen-bond acceptors (Lipinski definition) is 5. The molecule has 2 unspecified atom stereocenters. The molecular formula is C18H28N2O4. The minimum Gasteiger partial charge on any atom is -0.507 e. The van der Waals surface area contributed by atoms with Gasteiger partial charge in [-0.2, -0.15) is 0 Å². The third kappa shape index (κ3) is 4.77. The fourth-order valence-corrected chi connectivity index (χ4v) is 2.85. The van der Waals surface area contributed by atoms with Gasteiger partial charge in [0.05, 0.1) is 7.11 Å². The van der Waals surface area contributed by atoms with Gasteiger partial charge < -0.3 is 24.8 Å². The van der Waals surface area contributed by atoms with Gasteiger partial charge in [-0.15, -0.1) is 0 Å². The molecule has 0 bridgehead atoms. The number of nitrogens with one attached hydrogen (secondary N) is 1. The Balaban J connectivity index is 1.92. The van der Waals surface area contributed by atoms with Gasteiger partial charge >= 0.3 is 6.09 Å². The van der Waals surface area contributed by atoms with Gasteiger partial charge in [-0.25, -0.2) is 4.79 Å². The number of methoxy groups -OCH3 is 1. The predicted octanol–water partition coefficient (Wildman–Crippen LogP) is 3.06. The first-order chi connectivity index (χ1) is 11.2. The summed E-state index contributed by atoms with van der Waals surface area (Å²) in [6, 6.07) is 5.43. The number of nitrogens with zero attached hydrogens (tertiary/aromatic N) is 1. The number of likely N-dealkylation sites (tertiary alicyclic amines) is 1. The largest absolute Gasteiger partial charge is 0.507 e. The zero-order chi connectivity index (χ0) is 17.9. The van der Waals surface area contributed by atoms with Crippen molar-refractivity contribution in [2.75, 3.05) is 20.2 Å². The molecule has 1 saturated heterocycles. The average Bonchev–Trinajstić information content (AvgIpc) is 2.93. The summed E-state index contributed by atoms with van der Waals surface area (Å²) < 4.78 is 10.5. The molecule has 0 aliphatic carbocycles. The second-order valence-corrected chi connectivity index (χ2v) is 7.23. The molecule has 0 saturated carbocycles. The molecule has 0 spiro atoms. The molecule has 2 rings (SSSR count). The first-order valence-corrected chi connectivity index (χ1v) is 8.30. The molecule has 1 aromatic rings. The van der Waals surface area contributed by atoms with Crippen LogP contribution in [0.2, 0.25) is 0 Å². The number of ether oxygens (including phenoxy) is 2. The summed E-state index contributed by atoms with van der Waals surface area (Å²) >= 11 is 0. The Morgan fingerprint density at radius 3 is 2.71 bits per heavy atom. The lowest BCUT2D eigenvalue weighted by Gasteiger charge is -2.25. The molecule has 0 aromatic heterocycles. The number of hydrogen-bond donors (Lipinski definition) is 2. The Bertz CT molecular complexity index is 583. The molecular weight excluding hydrogens is 308 g/mol. The molecule has 1 amide bonds. The van der Waals surface area contributed by atoms with Gasteiger partial charge in [0.1, 0.15) is 17.1 Å². The van der Waals surface area contributed by atoms with E-state index < -0.39 is 5.60 Å². The lowest BCUT2D eigenvalue weighted by molar-refractivity contribution is 0.0290. The van der Waals surface area contributed by atoms with Crippen molar-refractivity contribution in [3.8, 4) is 11.5 Å². The third-order valence-electron chi connectivity index (χ3n) is 4.03. The van der Waals surface area contributed by atoms with Crippen molar-refractivity contribution < 1.29 is 19.4 Å². The molecule has 1 aliphatic heterocycles. The van der Waals surface area contributed by atoms with E-state index >= 15 is 0 Å². The number of rotatable bonds is 4. The molecule has 1 fully saturated rings. The summed E-state index contributed by atoms with van der Waals surface area (Å²) in [6.45, 7) is 8.88. The Morgan fingerprint density at radius 1 is 1.42 bits per heavy atom. The summed E-state index contributed by atoms with van der Waals surface area (Å²) in [5, 5.41) is 13.6. The van der Waals surface area contributed by atoms with Crippen LogP contribution in [0.4, 0.5) is 4.79 Å². The van der Waals surface area contributed by atoms with Crippen molar-refractivity contribution >= 4 is 6.09 Å². The van der Waals surface area contributed by atoms with Gasteiger partial charge in [-0.05, 0) is 40.2 Å². The Hall–Kier alpha value is -1.95. The maximum Gasteiger partial charge on any atom is 0.410 e. The summed E-state index contributed by atoms with van der Waals surface area (Å²) in [4.78, 5) is 13.8. The normalized spacial score (nSPS) is 19.2. The van der Waals surface area contributed by atoms with Gasteiger partial charge in [0.15, 0.2) is 0 Å². The van der Waals surface area contributed by atoms with Crippen LogP contribution in [0.25, 0.3) is 0 Å². The van der Waals surface area contributed by atoms with E-state index in [2.05, 4.69) is 5.32 Å². The van der Waals surface area contributed by atoms with Crippen LogP contribution in [-0.2, 0) is 4.74 Å². The van der Waals surface area contributed by atoms with Crippen molar-refractivity contribution in [2.45, 2.75) is 51.8 Å². The zero-order valence-electron chi connectivity index (χ0n) is 15.1.